The minimum atomic E-state index is -2.74. The molecule has 13 heteroatoms. The average molecular weight is 605 g/mol. The van der Waals surface area contributed by atoms with E-state index < -0.39 is 29.9 Å². The number of carbonyl (C=O) groups excluding carboxylic acids is 2. The fourth-order valence-corrected chi connectivity index (χ4v) is 6.02. The fourth-order valence-electron chi connectivity index (χ4n) is 6.02. The molecule has 0 radical (unpaired) electrons. The molecule has 0 unspecified atom stereocenters. The lowest BCUT2D eigenvalue weighted by Gasteiger charge is -2.35. The molecular weight excluding hydrogens is 568 g/mol. The van der Waals surface area contributed by atoms with Crippen molar-refractivity contribution in [1.82, 2.24) is 30.4 Å². The van der Waals surface area contributed by atoms with E-state index in [0.717, 1.165) is 18.4 Å². The number of rotatable bonds is 12. The van der Waals surface area contributed by atoms with Crippen LogP contribution in [-0.4, -0.2) is 56.1 Å². The smallest absolute Gasteiger partial charge is 0.270 e. The van der Waals surface area contributed by atoms with Crippen LogP contribution in [0.3, 0.4) is 0 Å². The lowest BCUT2D eigenvalue weighted by molar-refractivity contribution is -0.167. The quantitative estimate of drug-likeness (QED) is 0.232. The maximum Gasteiger partial charge on any atom is 0.270 e. The molecule has 3 fully saturated rings. The number of ether oxygens (including phenoxy) is 1. The molecule has 6 rings (SSSR count). The van der Waals surface area contributed by atoms with E-state index >= 15 is 0 Å². The van der Waals surface area contributed by atoms with Gasteiger partial charge in [-0.1, -0.05) is 6.07 Å². The predicted molar refractivity (Wildman–Crippen MR) is 149 cm³/mol. The number of imidazole rings is 1. The van der Waals surface area contributed by atoms with Crippen LogP contribution in [0.5, 0.6) is 0 Å². The standard InChI is InChI=1S/C30H36F4N6O3/c1-16(2)40-24(7-8-35-40)28(42)38-23(15-43-20-13-30(33,34)14-20)27-36-21-6-5-19(10-22(21)37-27)26(18-3-4-18)39-25(41)9-17-11-29(31,32)12-17/h5-8,10,16-18,20,23,26H,3-4,9,11-15H2,1-2H3,(H,36,37)(H,38,42)(H,39,41)/t23-,26+/m0/s1. The van der Waals surface area contributed by atoms with E-state index in [9.17, 15) is 27.2 Å². The van der Waals surface area contributed by atoms with Gasteiger partial charge in [-0.3, -0.25) is 14.3 Å². The summed E-state index contributed by atoms with van der Waals surface area (Å²) in [6.45, 7) is 3.75. The molecule has 0 spiro atoms. The van der Waals surface area contributed by atoms with Crippen LogP contribution in [0.25, 0.3) is 11.0 Å². The van der Waals surface area contributed by atoms with E-state index in [1.54, 1.807) is 10.7 Å². The van der Waals surface area contributed by atoms with Crippen LogP contribution in [0.1, 0.15) is 98.8 Å². The number of nitrogens with one attached hydrogen (secondary N) is 3. The second kappa shape index (κ2) is 11.2. The predicted octanol–water partition coefficient (Wildman–Crippen LogP) is 5.63. The highest BCUT2D eigenvalue weighted by Crippen LogP contribution is 2.45. The molecule has 2 amide bonds. The van der Waals surface area contributed by atoms with Gasteiger partial charge in [-0.2, -0.15) is 5.10 Å². The molecule has 2 heterocycles. The molecular formula is C30H36F4N6O3. The van der Waals surface area contributed by atoms with Crippen LogP contribution in [0.4, 0.5) is 17.6 Å². The normalized spacial score (nSPS) is 21.3. The number of hydrogen-bond donors (Lipinski definition) is 3. The molecule has 2 aromatic heterocycles. The largest absolute Gasteiger partial charge is 0.375 e. The van der Waals surface area contributed by atoms with Gasteiger partial charge in [-0.25, -0.2) is 22.5 Å². The molecule has 0 aliphatic heterocycles. The van der Waals surface area contributed by atoms with Crippen molar-refractivity contribution in [2.75, 3.05) is 6.61 Å². The number of benzene rings is 1. The molecule has 9 nitrogen and oxygen atoms in total. The Balaban J connectivity index is 1.19. The van der Waals surface area contributed by atoms with Crippen molar-refractivity contribution in [3.63, 3.8) is 0 Å². The first-order valence-electron chi connectivity index (χ1n) is 14.9. The van der Waals surface area contributed by atoms with Gasteiger partial charge in [-0.15, -0.1) is 0 Å². The summed E-state index contributed by atoms with van der Waals surface area (Å²) < 4.78 is 60.6. The van der Waals surface area contributed by atoms with Gasteiger partial charge in [0, 0.05) is 44.3 Å². The Morgan fingerprint density at radius 1 is 1.07 bits per heavy atom. The highest BCUT2D eigenvalue weighted by molar-refractivity contribution is 5.92. The van der Waals surface area contributed by atoms with E-state index in [1.165, 1.54) is 6.20 Å². The molecule has 1 aromatic carbocycles. The summed E-state index contributed by atoms with van der Waals surface area (Å²) in [5.41, 5.74) is 2.51. The van der Waals surface area contributed by atoms with Crippen molar-refractivity contribution >= 4 is 22.8 Å². The third kappa shape index (κ3) is 6.71. The second-order valence-corrected chi connectivity index (χ2v) is 12.6. The highest BCUT2D eigenvalue weighted by atomic mass is 19.3. The van der Waals surface area contributed by atoms with Gasteiger partial charge in [0.1, 0.15) is 17.6 Å². The first kappa shape index (κ1) is 29.6. The molecule has 3 aliphatic rings. The van der Waals surface area contributed by atoms with Crippen molar-refractivity contribution in [2.45, 2.75) is 94.9 Å². The summed E-state index contributed by atoms with van der Waals surface area (Å²) in [5.74, 6) is -5.67. The summed E-state index contributed by atoms with van der Waals surface area (Å²) in [7, 11) is 0. The van der Waals surface area contributed by atoms with Gasteiger partial charge in [-0.05, 0) is 62.3 Å². The van der Waals surface area contributed by atoms with Crippen molar-refractivity contribution in [1.29, 1.82) is 0 Å². The van der Waals surface area contributed by atoms with Crippen molar-refractivity contribution in [2.24, 2.45) is 11.8 Å². The number of alkyl halides is 4. The van der Waals surface area contributed by atoms with Gasteiger partial charge in [0.15, 0.2) is 0 Å². The van der Waals surface area contributed by atoms with E-state index in [0.29, 0.717) is 22.6 Å². The number of aromatic amines is 1. The number of amides is 2. The number of H-pyrrole nitrogens is 1. The molecule has 0 saturated heterocycles. The molecule has 0 bridgehead atoms. The van der Waals surface area contributed by atoms with Crippen molar-refractivity contribution in [3.8, 4) is 0 Å². The number of hydrogen-bond acceptors (Lipinski definition) is 5. The highest BCUT2D eigenvalue weighted by Gasteiger charge is 2.47. The third-order valence-corrected chi connectivity index (χ3v) is 8.52. The van der Waals surface area contributed by atoms with E-state index in [4.69, 9.17) is 4.74 Å². The van der Waals surface area contributed by atoms with Gasteiger partial charge >= 0.3 is 0 Å². The SMILES string of the molecule is CC(C)n1nccc1C(=O)N[C@@H](COC1CC(F)(F)C1)c1nc2ccc([C@H](NC(=O)CC3CC(F)(F)C3)C3CC3)cc2[nH]1. The molecule has 3 aromatic rings. The van der Waals surface area contributed by atoms with E-state index in [1.807, 2.05) is 32.0 Å². The zero-order valence-electron chi connectivity index (χ0n) is 24.1. The Morgan fingerprint density at radius 2 is 1.79 bits per heavy atom. The summed E-state index contributed by atoms with van der Waals surface area (Å²) in [5, 5.41) is 10.2. The van der Waals surface area contributed by atoms with Gasteiger partial charge < -0.3 is 20.4 Å². The zero-order chi connectivity index (χ0) is 30.5. The minimum absolute atomic E-state index is 0.0538. The second-order valence-electron chi connectivity index (χ2n) is 12.6. The monoisotopic (exact) mass is 604 g/mol. The Morgan fingerprint density at radius 3 is 2.44 bits per heavy atom. The topological polar surface area (TPSA) is 114 Å². The molecule has 3 N–H and O–H groups in total. The first-order chi connectivity index (χ1) is 20.4. The summed E-state index contributed by atoms with van der Waals surface area (Å²) in [6, 6.07) is 6.14. The molecule has 2 atom stereocenters. The summed E-state index contributed by atoms with van der Waals surface area (Å²) in [6.07, 6.45) is 1.69. The van der Waals surface area contributed by atoms with E-state index in [2.05, 4.69) is 25.7 Å². The van der Waals surface area contributed by atoms with Crippen molar-refractivity contribution in [3.05, 3.63) is 47.5 Å². The number of nitrogens with zero attached hydrogens (tertiary/aromatic N) is 3. The number of aromatic nitrogens is 4. The van der Waals surface area contributed by atoms with Crippen LogP contribution in [-0.2, 0) is 9.53 Å². The first-order valence-corrected chi connectivity index (χ1v) is 14.9. The molecule has 3 saturated carbocycles. The minimum Gasteiger partial charge on any atom is -0.375 e. The summed E-state index contributed by atoms with van der Waals surface area (Å²) >= 11 is 0. The van der Waals surface area contributed by atoms with Crippen LogP contribution in [0, 0.1) is 11.8 Å². The average Bonchev–Trinajstić information content (AvgIpc) is 3.45. The Kier molecular flexibility index (Phi) is 7.72. The van der Waals surface area contributed by atoms with Crippen LogP contribution in [0.15, 0.2) is 30.5 Å². The Hall–Kier alpha value is -3.48. The molecule has 3 aliphatic carbocycles. The van der Waals surface area contributed by atoms with Crippen molar-refractivity contribution < 1.29 is 31.9 Å². The maximum atomic E-state index is 13.4. The summed E-state index contributed by atoms with van der Waals surface area (Å²) in [4.78, 5) is 33.9. The number of fused-ring (bicyclic) bond motifs is 1. The van der Waals surface area contributed by atoms with Gasteiger partial charge in [0.2, 0.25) is 11.8 Å². The van der Waals surface area contributed by atoms with Gasteiger partial charge in [0.05, 0.1) is 29.8 Å². The Labute approximate surface area is 246 Å². The lowest BCUT2D eigenvalue weighted by Crippen LogP contribution is -2.43. The molecule has 232 valence electrons. The number of halogens is 4. The Bertz CT molecular complexity index is 1480. The lowest BCUT2D eigenvalue weighted by atomic mass is 9.79. The maximum absolute atomic E-state index is 13.4. The van der Waals surface area contributed by atoms with Gasteiger partial charge in [0.25, 0.3) is 11.8 Å². The van der Waals surface area contributed by atoms with Crippen LogP contribution >= 0.6 is 0 Å². The third-order valence-electron chi connectivity index (χ3n) is 8.52. The fraction of sp³-hybridized carbons (Fsp3) is 0.600. The molecule has 43 heavy (non-hydrogen) atoms. The van der Waals surface area contributed by atoms with Crippen LogP contribution in [0.2, 0.25) is 0 Å². The van der Waals surface area contributed by atoms with Crippen LogP contribution < -0.4 is 10.6 Å². The zero-order valence-corrected chi connectivity index (χ0v) is 24.1. The number of carbonyl (C=O) groups is 2. The van der Waals surface area contributed by atoms with E-state index in [-0.39, 0.29) is 68.5 Å².